The average molecular weight is 227 g/mol. The first kappa shape index (κ1) is 13.2. The maximum Gasteiger partial charge on any atom is 0.224 e. The molecule has 1 heterocycles. The van der Waals surface area contributed by atoms with Gasteiger partial charge in [-0.3, -0.25) is 9.59 Å². The lowest BCUT2D eigenvalue weighted by molar-refractivity contribution is -0.133. The van der Waals surface area contributed by atoms with Gasteiger partial charge in [0.1, 0.15) is 12.0 Å². The molecule has 16 heavy (non-hydrogen) atoms. The summed E-state index contributed by atoms with van der Waals surface area (Å²) in [5, 5.41) is 9.49. The maximum atomic E-state index is 11.3. The van der Waals surface area contributed by atoms with E-state index in [1.165, 1.54) is 4.90 Å². The number of likely N-dealkylation sites (tertiary alicyclic amines) is 1. The molecule has 0 aromatic rings. The lowest BCUT2D eigenvalue weighted by atomic mass is 10.0. The van der Waals surface area contributed by atoms with Crippen LogP contribution in [-0.2, 0) is 9.59 Å². The van der Waals surface area contributed by atoms with Gasteiger partial charge in [-0.1, -0.05) is 13.8 Å². The summed E-state index contributed by atoms with van der Waals surface area (Å²) in [6.45, 7) is 4.37. The van der Waals surface area contributed by atoms with Crippen LogP contribution in [0.4, 0.5) is 0 Å². The maximum absolute atomic E-state index is 11.3. The summed E-state index contributed by atoms with van der Waals surface area (Å²) in [7, 11) is 0. The van der Waals surface area contributed by atoms with Crippen molar-refractivity contribution in [3.63, 3.8) is 0 Å². The molecule has 1 atom stereocenters. The fraction of sp³-hybridized carbons (Fsp3) is 0.833. The van der Waals surface area contributed by atoms with Crippen molar-refractivity contribution in [3.8, 4) is 0 Å². The Kier molecular flexibility index (Phi) is 4.93. The van der Waals surface area contributed by atoms with E-state index in [9.17, 15) is 14.7 Å². The number of nitrogens with zero attached hydrogens (tertiary/aromatic N) is 1. The van der Waals surface area contributed by atoms with Gasteiger partial charge in [0.25, 0.3) is 0 Å². The number of ketones is 1. The zero-order valence-corrected chi connectivity index (χ0v) is 10.1. The third kappa shape index (κ3) is 3.59. The molecule has 1 rings (SSSR count). The molecule has 0 aromatic heterocycles. The van der Waals surface area contributed by atoms with Crippen LogP contribution in [0.1, 0.15) is 46.0 Å². The number of rotatable bonds is 6. The fourth-order valence-electron chi connectivity index (χ4n) is 1.86. The van der Waals surface area contributed by atoms with Crippen molar-refractivity contribution >= 4 is 11.7 Å². The summed E-state index contributed by atoms with van der Waals surface area (Å²) in [5.41, 5.74) is 0. The summed E-state index contributed by atoms with van der Waals surface area (Å²) in [6.07, 6.45) is 2.56. The number of carbonyl (C=O) groups is 2. The van der Waals surface area contributed by atoms with Gasteiger partial charge in [-0.15, -0.1) is 0 Å². The van der Waals surface area contributed by atoms with Crippen LogP contribution in [0.3, 0.4) is 0 Å². The molecule has 4 nitrogen and oxygen atoms in total. The molecule has 1 aliphatic heterocycles. The number of aliphatic hydroxyl groups is 1. The fourth-order valence-corrected chi connectivity index (χ4v) is 1.86. The standard InChI is InChI=1S/C12H21NO3/c1-9(2)10(14)5-3-4-8-13-11(15)6-7-12(13)16/h9,11,15H,3-8H2,1-2H3. The lowest BCUT2D eigenvalue weighted by Gasteiger charge is -2.20. The minimum Gasteiger partial charge on any atom is -0.374 e. The molecular weight excluding hydrogens is 206 g/mol. The Balaban J connectivity index is 2.16. The first-order valence-corrected chi connectivity index (χ1v) is 6.02. The normalized spacial score (nSPS) is 20.9. The van der Waals surface area contributed by atoms with Gasteiger partial charge in [0.05, 0.1) is 0 Å². The molecular formula is C12H21NO3. The first-order chi connectivity index (χ1) is 7.52. The van der Waals surface area contributed by atoms with Crippen molar-refractivity contribution in [2.45, 2.75) is 52.2 Å². The van der Waals surface area contributed by atoms with E-state index in [1.54, 1.807) is 0 Å². The molecule has 0 spiro atoms. The number of unbranched alkanes of at least 4 members (excludes halogenated alkanes) is 1. The Hall–Kier alpha value is -0.900. The number of aliphatic hydroxyl groups excluding tert-OH is 1. The lowest BCUT2D eigenvalue weighted by Crippen LogP contribution is -2.33. The van der Waals surface area contributed by atoms with Crippen LogP contribution >= 0.6 is 0 Å². The molecule has 4 heteroatoms. The monoisotopic (exact) mass is 227 g/mol. The molecule has 1 N–H and O–H groups in total. The van der Waals surface area contributed by atoms with Gasteiger partial charge < -0.3 is 10.0 Å². The highest BCUT2D eigenvalue weighted by Gasteiger charge is 2.28. The number of hydrogen-bond acceptors (Lipinski definition) is 3. The number of amides is 1. The van der Waals surface area contributed by atoms with Crippen molar-refractivity contribution in [2.75, 3.05) is 6.54 Å². The summed E-state index contributed by atoms with van der Waals surface area (Å²) in [5.74, 6) is 0.398. The van der Waals surface area contributed by atoms with E-state index in [2.05, 4.69) is 0 Å². The van der Waals surface area contributed by atoms with Gasteiger partial charge in [-0.2, -0.15) is 0 Å². The van der Waals surface area contributed by atoms with E-state index in [1.807, 2.05) is 13.8 Å². The largest absolute Gasteiger partial charge is 0.374 e. The predicted octanol–water partition coefficient (Wildman–Crippen LogP) is 1.32. The van der Waals surface area contributed by atoms with Crippen molar-refractivity contribution in [2.24, 2.45) is 5.92 Å². The van der Waals surface area contributed by atoms with Crippen LogP contribution in [0.15, 0.2) is 0 Å². The molecule has 1 unspecified atom stereocenters. The molecule has 0 aliphatic carbocycles. The van der Waals surface area contributed by atoms with Gasteiger partial charge in [-0.05, 0) is 12.8 Å². The number of hydrogen-bond donors (Lipinski definition) is 1. The van der Waals surface area contributed by atoms with Gasteiger partial charge >= 0.3 is 0 Å². The van der Waals surface area contributed by atoms with E-state index in [-0.39, 0.29) is 17.6 Å². The summed E-state index contributed by atoms with van der Waals surface area (Å²) in [6, 6.07) is 0. The van der Waals surface area contributed by atoms with Crippen LogP contribution < -0.4 is 0 Å². The Labute approximate surface area is 96.6 Å². The predicted molar refractivity (Wildman–Crippen MR) is 60.6 cm³/mol. The highest BCUT2D eigenvalue weighted by atomic mass is 16.3. The van der Waals surface area contributed by atoms with Gasteiger partial charge in [0.15, 0.2) is 0 Å². The Morgan fingerprint density at radius 2 is 2.19 bits per heavy atom. The Morgan fingerprint density at radius 3 is 2.69 bits per heavy atom. The molecule has 1 saturated heterocycles. The molecule has 92 valence electrons. The molecule has 0 aromatic carbocycles. The third-order valence-corrected chi connectivity index (χ3v) is 3.01. The first-order valence-electron chi connectivity index (χ1n) is 6.02. The second-order valence-corrected chi connectivity index (χ2v) is 4.68. The minimum absolute atomic E-state index is 0.0303. The molecule has 0 radical (unpaired) electrons. The van der Waals surface area contributed by atoms with Crippen molar-refractivity contribution in [1.82, 2.24) is 4.90 Å². The van der Waals surface area contributed by atoms with Crippen LogP contribution in [0.5, 0.6) is 0 Å². The Morgan fingerprint density at radius 1 is 1.50 bits per heavy atom. The summed E-state index contributed by atoms with van der Waals surface area (Å²) < 4.78 is 0. The van der Waals surface area contributed by atoms with Gasteiger partial charge in [0.2, 0.25) is 5.91 Å². The SMILES string of the molecule is CC(C)C(=O)CCCCN1C(=O)CCC1O. The van der Waals surface area contributed by atoms with Crippen LogP contribution in [0.2, 0.25) is 0 Å². The highest BCUT2D eigenvalue weighted by Crippen LogP contribution is 2.17. The average Bonchev–Trinajstić information content (AvgIpc) is 2.54. The van der Waals surface area contributed by atoms with E-state index in [0.717, 1.165) is 12.8 Å². The number of carbonyl (C=O) groups excluding carboxylic acids is 2. The Bertz CT molecular complexity index is 263. The highest BCUT2D eigenvalue weighted by molar-refractivity contribution is 5.80. The second kappa shape index (κ2) is 5.99. The smallest absolute Gasteiger partial charge is 0.224 e. The van der Waals surface area contributed by atoms with E-state index < -0.39 is 6.23 Å². The van der Waals surface area contributed by atoms with E-state index in [0.29, 0.717) is 25.8 Å². The van der Waals surface area contributed by atoms with Crippen molar-refractivity contribution < 1.29 is 14.7 Å². The molecule has 1 aliphatic rings. The quantitative estimate of drug-likeness (QED) is 0.696. The van der Waals surface area contributed by atoms with Gasteiger partial charge in [0, 0.05) is 31.7 Å². The van der Waals surface area contributed by atoms with Gasteiger partial charge in [-0.25, -0.2) is 0 Å². The molecule has 1 amide bonds. The van der Waals surface area contributed by atoms with Crippen LogP contribution in [-0.4, -0.2) is 34.5 Å². The third-order valence-electron chi connectivity index (χ3n) is 3.01. The zero-order valence-electron chi connectivity index (χ0n) is 10.1. The molecule has 0 bridgehead atoms. The molecule has 0 saturated carbocycles. The van der Waals surface area contributed by atoms with Crippen LogP contribution in [0.25, 0.3) is 0 Å². The van der Waals surface area contributed by atoms with Crippen molar-refractivity contribution in [3.05, 3.63) is 0 Å². The van der Waals surface area contributed by atoms with Crippen LogP contribution in [0, 0.1) is 5.92 Å². The summed E-state index contributed by atoms with van der Waals surface area (Å²) in [4.78, 5) is 24.2. The van der Waals surface area contributed by atoms with E-state index in [4.69, 9.17) is 0 Å². The van der Waals surface area contributed by atoms with E-state index >= 15 is 0 Å². The topological polar surface area (TPSA) is 57.6 Å². The number of Topliss-reactive ketones (excluding diaryl/α,β-unsaturated/α-hetero) is 1. The van der Waals surface area contributed by atoms with Crippen molar-refractivity contribution in [1.29, 1.82) is 0 Å². The zero-order chi connectivity index (χ0) is 12.1. The summed E-state index contributed by atoms with van der Waals surface area (Å²) >= 11 is 0. The molecule has 1 fully saturated rings. The minimum atomic E-state index is -0.603. The second-order valence-electron chi connectivity index (χ2n) is 4.68.